The zero-order valence-corrected chi connectivity index (χ0v) is 12.6. The van der Waals surface area contributed by atoms with Gasteiger partial charge in [0.1, 0.15) is 11.3 Å². The molecule has 0 unspecified atom stereocenters. The zero-order valence-electron chi connectivity index (χ0n) is 12.6. The topological polar surface area (TPSA) is 75.6 Å². The third-order valence-electron chi connectivity index (χ3n) is 3.50. The molecule has 21 heavy (non-hydrogen) atoms. The van der Waals surface area contributed by atoms with Crippen LogP contribution in [0.5, 0.6) is 5.75 Å². The van der Waals surface area contributed by atoms with E-state index in [4.69, 9.17) is 4.74 Å². The summed E-state index contributed by atoms with van der Waals surface area (Å²) in [4.78, 5) is 23.2. The van der Waals surface area contributed by atoms with E-state index in [0.717, 1.165) is 5.56 Å². The van der Waals surface area contributed by atoms with E-state index in [0.29, 0.717) is 18.6 Å². The fourth-order valence-electron chi connectivity index (χ4n) is 1.98. The van der Waals surface area contributed by atoms with Gasteiger partial charge in [-0.25, -0.2) is 4.79 Å². The number of benzene rings is 1. The quantitative estimate of drug-likeness (QED) is 0.757. The maximum Gasteiger partial charge on any atom is 0.329 e. The molecule has 1 aromatic rings. The lowest BCUT2D eigenvalue weighted by atomic mass is 9.93. The van der Waals surface area contributed by atoms with Gasteiger partial charge in [-0.05, 0) is 36.6 Å². The van der Waals surface area contributed by atoms with Gasteiger partial charge >= 0.3 is 5.97 Å². The minimum Gasteiger partial charge on any atom is -0.497 e. The van der Waals surface area contributed by atoms with Crippen molar-refractivity contribution in [3.05, 3.63) is 35.9 Å². The van der Waals surface area contributed by atoms with Crippen LogP contribution in [0.3, 0.4) is 0 Å². The van der Waals surface area contributed by atoms with Crippen molar-refractivity contribution in [2.24, 2.45) is 0 Å². The first-order valence-corrected chi connectivity index (χ1v) is 6.85. The predicted octanol–water partition coefficient (Wildman–Crippen LogP) is 2.47. The van der Waals surface area contributed by atoms with Crippen molar-refractivity contribution in [3.63, 3.8) is 0 Å². The van der Waals surface area contributed by atoms with Crippen molar-refractivity contribution >= 4 is 18.0 Å². The Morgan fingerprint density at radius 2 is 2.00 bits per heavy atom. The Hall–Kier alpha value is -2.30. The molecule has 0 aromatic heterocycles. The number of aliphatic carboxylic acids is 1. The summed E-state index contributed by atoms with van der Waals surface area (Å²) in [5, 5.41) is 11.8. The number of carbonyl (C=O) groups is 2. The molecule has 1 aromatic carbocycles. The highest BCUT2D eigenvalue weighted by molar-refractivity contribution is 5.95. The first-order valence-electron chi connectivity index (χ1n) is 6.85. The van der Waals surface area contributed by atoms with E-state index in [1.54, 1.807) is 39.2 Å². The highest BCUT2D eigenvalue weighted by Crippen LogP contribution is 2.16. The number of rotatable bonds is 7. The Morgan fingerprint density at radius 3 is 2.52 bits per heavy atom. The van der Waals surface area contributed by atoms with Crippen LogP contribution in [-0.2, 0) is 9.59 Å². The predicted molar refractivity (Wildman–Crippen MR) is 81.1 cm³/mol. The number of methoxy groups -OCH3 is 1. The summed E-state index contributed by atoms with van der Waals surface area (Å²) in [6, 6.07) is 7.24. The minimum atomic E-state index is -1.21. The van der Waals surface area contributed by atoms with Crippen molar-refractivity contribution in [1.82, 2.24) is 5.32 Å². The van der Waals surface area contributed by atoms with Crippen LogP contribution >= 0.6 is 0 Å². The van der Waals surface area contributed by atoms with Gasteiger partial charge in [0, 0.05) is 6.08 Å². The molecule has 0 atom stereocenters. The van der Waals surface area contributed by atoms with Crippen LogP contribution in [0, 0.1) is 0 Å². The van der Waals surface area contributed by atoms with Crippen molar-refractivity contribution in [2.75, 3.05) is 7.11 Å². The van der Waals surface area contributed by atoms with Crippen LogP contribution in [0.1, 0.15) is 32.3 Å². The second-order valence-electron chi connectivity index (χ2n) is 4.69. The molecule has 0 aliphatic rings. The molecule has 5 heteroatoms. The average molecular weight is 291 g/mol. The minimum absolute atomic E-state index is 0.331. The molecule has 2 N–H and O–H groups in total. The summed E-state index contributed by atoms with van der Waals surface area (Å²) in [6.45, 7) is 3.48. The van der Waals surface area contributed by atoms with E-state index in [1.165, 1.54) is 6.08 Å². The molecule has 1 amide bonds. The summed E-state index contributed by atoms with van der Waals surface area (Å²) in [5.41, 5.74) is -0.408. The van der Waals surface area contributed by atoms with Gasteiger partial charge in [0.25, 0.3) is 0 Å². The third kappa shape index (κ3) is 4.34. The van der Waals surface area contributed by atoms with E-state index in [9.17, 15) is 14.7 Å². The van der Waals surface area contributed by atoms with Gasteiger partial charge in [-0.1, -0.05) is 26.0 Å². The maximum atomic E-state index is 11.9. The Bertz CT molecular complexity index is 533. The highest BCUT2D eigenvalue weighted by atomic mass is 16.5. The first-order chi connectivity index (χ1) is 9.97. The lowest BCUT2D eigenvalue weighted by Gasteiger charge is -2.27. The molecule has 0 heterocycles. The number of ether oxygens (including phenoxy) is 1. The van der Waals surface area contributed by atoms with Crippen LogP contribution in [-0.4, -0.2) is 29.6 Å². The fourth-order valence-corrected chi connectivity index (χ4v) is 1.98. The summed E-state index contributed by atoms with van der Waals surface area (Å²) < 4.78 is 5.10. The van der Waals surface area contributed by atoms with E-state index >= 15 is 0 Å². The maximum absolute atomic E-state index is 11.9. The second-order valence-corrected chi connectivity index (χ2v) is 4.69. The fraction of sp³-hybridized carbons (Fsp3) is 0.375. The van der Waals surface area contributed by atoms with E-state index < -0.39 is 17.4 Å². The normalized spacial score (nSPS) is 11.4. The van der Waals surface area contributed by atoms with Crippen LogP contribution in [0.4, 0.5) is 0 Å². The Morgan fingerprint density at radius 1 is 1.33 bits per heavy atom. The van der Waals surface area contributed by atoms with Crippen LogP contribution in [0.2, 0.25) is 0 Å². The number of carboxylic acid groups (broad SMARTS) is 1. The molecular formula is C16H21NO4. The number of carboxylic acids is 1. The molecule has 0 radical (unpaired) electrons. The molecule has 0 saturated carbocycles. The van der Waals surface area contributed by atoms with Crippen molar-refractivity contribution in [3.8, 4) is 5.75 Å². The Kier molecular flexibility index (Phi) is 5.96. The smallest absolute Gasteiger partial charge is 0.329 e. The molecule has 0 saturated heterocycles. The summed E-state index contributed by atoms with van der Waals surface area (Å²) in [5.74, 6) is -0.751. The summed E-state index contributed by atoms with van der Waals surface area (Å²) >= 11 is 0. The Balaban J connectivity index is 2.80. The second kappa shape index (κ2) is 7.47. The molecule has 0 bridgehead atoms. The number of hydrogen-bond acceptors (Lipinski definition) is 3. The average Bonchev–Trinajstić information content (AvgIpc) is 2.50. The van der Waals surface area contributed by atoms with Crippen molar-refractivity contribution in [1.29, 1.82) is 0 Å². The van der Waals surface area contributed by atoms with Gasteiger partial charge in [-0.2, -0.15) is 0 Å². The lowest BCUT2D eigenvalue weighted by molar-refractivity contribution is -0.147. The molecule has 1 rings (SSSR count). The van der Waals surface area contributed by atoms with E-state index in [2.05, 4.69) is 5.32 Å². The molecule has 114 valence electrons. The molecule has 0 fully saturated rings. The molecule has 5 nitrogen and oxygen atoms in total. The standard InChI is InChI=1S/C16H21NO4/c1-4-16(5-2,15(19)20)17-14(18)10-9-12-7-6-8-13(11-12)21-3/h6-11H,4-5H2,1-3H3,(H,17,18)(H,19,20). The number of nitrogens with one attached hydrogen (secondary N) is 1. The Labute approximate surface area is 124 Å². The van der Waals surface area contributed by atoms with Crippen molar-refractivity contribution in [2.45, 2.75) is 32.2 Å². The van der Waals surface area contributed by atoms with Gasteiger partial charge in [-0.3, -0.25) is 4.79 Å². The van der Waals surface area contributed by atoms with Crippen LogP contribution < -0.4 is 10.1 Å². The largest absolute Gasteiger partial charge is 0.497 e. The molecule has 0 aliphatic carbocycles. The van der Waals surface area contributed by atoms with Crippen LogP contribution in [0.15, 0.2) is 30.3 Å². The molecule has 0 spiro atoms. The number of carbonyl (C=O) groups excluding carboxylic acids is 1. The lowest BCUT2D eigenvalue weighted by Crippen LogP contribution is -2.53. The molecular weight excluding hydrogens is 270 g/mol. The van der Waals surface area contributed by atoms with Crippen LogP contribution in [0.25, 0.3) is 6.08 Å². The number of hydrogen-bond donors (Lipinski definition) is 2. The van der Waals surface area contributed by atoms with Crippen molar-refractivity contribution < 1.29 is 19.4 Å². The highest BCUT2D eigenvalue weighted by Gasteiger charge is 2.35. The van der Waals surface area contributed by atoms with Gasteiger partial charge in [-0.15, -0.1) is 0 Å². The number of amides is 1. The van der Waals surface area contributed by atoms with Gasteiger partial charge in [0.05, 0.1) is 7.11 Å². The van der Waals surface area contributed by atoms with E-state index in [-0.39, 0.29) is 0 Å². The third-order valence-corrected chi connectivity index (χ3v) is 3.50. The van der Waals surface area contributed by atoms with Gasteiger partial charge in [0.2, 0.25) is 5.91 Å². The summed E-state index contributed by atoms with van der Waals surface area (Å²) in [6.07, 6.45) is 3.61. The molecule has 0 aliphatic heterocycles. The SMILES string of the molecule is CCC(CC)(NC(=O)C=Cc1cccc(OC)c1)C(=O)O. The first kappa shape index (κ1) is 16.8. The summed E-state index contributed by atoms with van der Waals surface area (Å²) in [7, 11) is 1.57. The monoisotopic (exact) mass is 291 g/mol. The van der Waals surface area contributed by atoms with Gasteiger partial charge < -0.3 is 15.2 Å². The van der Waals surface area contributed by atoms with E-state index in [1.807, 2.05) is 12.1 Å². The zero-order chi connectivity index (χ0) is 15.9. The van der Waals surface area contributed by atoms with Gasteiger partial charge in [0.15, 0.2) is 0 Å².